The van der Waals surface area contributed by atoms with E-state index in [1.54, 1.807) is 0 Å². The van der Waals surface area contributed by atoms with Gasteiger partial charge >= 0.3 is 0 Å². The van der Waals surface area contributed by atoms with Crippen molar-refractivity contribution in [2.24, 2.45) is 5.92 Å². The van der Waals surface area contributed by atoms with Gasteiger partial charge in [0.25, 0.3) is 0 Å². The van der Waals surface area contributed by atoms with Gasteiger partial charge in [-0.2, -0.15) is 0 Å². The predicted octanol–water partition coefficient (Wildman–Crippen LogP) is 8.82. The summed E-state index contributed by atoms with van der Waals surface area (Å²) in [5, 5.41) is 0. The van der Waals surface area contributed by atoms with Gasteiger partial charge in [0.15, 0.2) is 5.82 Å². The Morgan fingerprint density at radius 2 is 1.31 bits per heavy atom. The van der Waals surface area contributed by atoms with Crippen molar-refractivity contribution in [3.8, 4) is 11.3 Å². The van der Waals surface area contributed by atoms with E-state index >= 15 is 0 Å². The molecule has 0 aliphatic carbocycles. The third-order valence-electron chi connectivity index (χ3n) is 8.39. The molecule has 36 heavy (non-hydrogen) atoms. The molecule has 2 aliphatic heterocycles. The summed E-state index contributed by atoms with van der Waals surface area (Å²) in [4.78, 5) is 10.6. The molecular weight excluding hydrogens is 438 g/mol. The highest BCUT2D eigenvalue weighted by Crippen LogP contribution is 2.57. The monoisotopic (exact) mass is 473 g/mol. The van der Waals surface area contributed by atoms with Gasteiger partial charge in [0.05, 0.1) is 11.4 Å². The van der Waals surface area contributed by atoms with Crippen LogP contribution in [0.2, 0.25) is 0 Å². The highest BCUT2D eigenvalue weighted by atomic mass is 15.5. The van der Waals surface area contributed by atoms with E-state index in [1.165, 1.54) is 44.9 Å². The highest BCUT2D eigenvalue weighted by Gasteiger charge is 2.49. The van der Waals surface area contributed by atoms with Crippen molar-refractivity contribution in [1.82, 2.24) is 4.98 Å². The van der Waals surface area contributed by atoms with Crippen LogP contribution in [-0.4, -0.2) is 11.1 Å². The van der Waals surface area contributed by atoms with E-state index in [-0.39, 0.29) is 6.17 Å². The number of pyridine rings is 1. The fraction of sp³-hybridized carbons (Fsp3) is 0.303. The zero-order chi connectivity index (χ0) is 25.0. The Labute approximate surface area is 215 Å². The SMILES string of the molecule is CCC1c2ccccc2N2c3nc(-c4c(C)cccc4C)ccc3N(c3ccccc3C)C2C1CC. The van der Waals surface area contributed by atoms with Crippen LogP contribution >= 0.6 is 0 Å². The Kier molecular flexibility index (Phi) is 5.59. The van der Waals surface area contributed by atoms with E-state index in [4.69, 9.17) is 4.98 Å². The van der Waals surface area contributed by atoms with Crippen molar-refractivity contribution in [2.75, 3.05) is 9.80 Å². The Hall–Kier alpha value is -3.59. The van der Waals surface area contributed by atoms with E-state index in [1.807, 2.05) is 0 Å². The predicted molar refractivity (Wildman–Crippen MR) is 152 cm³/mol. The molecule has 2 aliphatic rings. The zero-order valence-electron chi connectivity index (χ0n) is 22.0. The topological polar surface area (TPSA) is 19.4 Å². The van der Waals surface area contributed by atoms with Gasteiger partial charge in [-0.1, -0.05) is 68.4 Å². The number of rotatable bonds is 4. The van der Waals surface area contributed by atoms with E-state index in [2.05, 4.69) is 123 Å². The van der Waals surface area contributed by atoms with Crippen molar-refractivity contribution < 1.29 is 0 Å². The average Bonchev–Trinajstić information content (AvgIpc) is 3.22. The Bertz CT molecular complexity index is 1420. The fourth-order valence-corrected chi connectivity index (χ4v) is 6.77. The maximum atomic E-state index is 5.44. The lowest BCUT2D eigenvalue weighted by atomic mass is 9.76. The Morgan fingerprint density at radius 3 is 2.00 bits per heavy atom. The summed E-state index contributed by atoms with van der Waals surface area (Å²) in [7, 11) is 0. The standard InChI is InChI=1S/C33H35N3/c1-6-24-25(7-2)33-35(28-17-10-8-13-21(28)3)30-20-19-27(31-22(4)14-12-15-23(31)5)34-32(30)36(33)29-18-11-9-16-26(24)29/h8-20,24-25,33H,6-7H2,1-5H3. The molecule has 3 aromatic carbocycles. The number of hydrogen-bond donors (Lipinski definition) is 0. The van der Waals surface area contributed by atoms with Crippen molar-refractivity contribution in [3.05, 3.63) is 101 Å². The van der Waals surface area contributed by atoms with Crippen LogP contribution in [0.3, 0.4) is 0 Å². The molecule has 3 heterocycles. The summed E-state index contributed by atoms with van der Waals surface area (Å²) < 4.78 is 0. The van der Waals surface area contributed by atoms with Gasteiger partial charge in [-0.25, -0.2) is 4.98 Å². The summed E-state index contributed by atoms with van der Waals surface area (Å²) in [6.07, 6.45) is 2.46. The van der Waals surface area contributed by atoms with Crippen molar-refractivity contribution in [2.45, 2.75) is 59.5 Å². The Balaban J connectivity index is 1.64. The maximum Gasteiger partial charge on any atom is 0.159 e. The summed E-state index contributed by atoms with van der Waals surface area (Å²) in [5.74, 6) is 2.08. The smallest absolute Gasteiger partial charge is 0.159 e. The third-order valence-corrected chi connectivity index (χ3v) is 8.39. The van der Waals surface area contributed by atoms with Crippen molar-refractivity contribution in [1.29, 1.82) is 0 Å². The van der Waals surface area contributed by atoms with E-state index in [9.17, 15) is 0 Å². The first-order chi connectivity index (χ1) is 17.5. The minimum Gasteiger partial charge on any atom is -0.316 e. The number of anilines is 4. The molecule has 0 amide bonds. The van der Waals surface area contributed by atoms with Crippen LogP contribution in [0.1, 0.15) is 54.9 Å². The van der Waals surface area contributed by atoms with Crippen molar-refractivity contribution in [3.63, 3.8) is 0 Å². The molecule has 0 radical (unpaired) electrons. The second-order valence-corrected chi connectivity index (χ2v) is 10.4. The van der Waals surface area contributed by atoms with Crippen LogP contribution in [0.15, 0.2) is 78.9 Å². The lowest BCUT2D eigenvalue weighted by molar-refractivity contribution is 0.323. The Morgan fingerprint density at radius 1 is 0.639 bits per heavy atom. The van der Waals surface area contributed by atoms with Gasteiger partial charge in [0.2, 0.25) is 0 Å². The number of nitrogens with zero attached hydrogens (tertiary/aromatic N) is 3. The molecule has 4 aromatic rings. The molecule has 182 valence electrons. The van der Waals surface area contributed by atoms with Crippen LogP contribution in [0, 0.1) is 26.7 Å². The molecule has 6 rings (SSSR count). The average molecular weight is 474 g/mol. The van der Waals surface area contributed by atoms with Gasteiger partial charge in [-0.05, 0) is 86.1 Å². The van der Waals surface area contributed by atoms with E-state index in [0.29, 0.717) is 11.8 Å². The molecular formula is C33H35N3. The van der Waals surface area contributed by atoms with E-state index in [0.717, 1.165) is 24.4 Å². The number of aryl methyl sites for hydroxylation is 3. The normalized spacial score (nSPS) is 20.2. The van der Waals surface area contributed by atoms with Gasteiger partial charge in [0.1, 0.15) is 6.17 Å². The van der Waals surface area contributed by atoms with Crippen molar-refractivity contribution >= 4 is 22.9 Å². The highest BCUT2D eigenvalue weighted by molar-refractivity contribution is 5.90. The third kappa shape index (κ3) is 3.29. The lowest BCUT2D eigenvalue weighted by Gasteiger charge is -2.46. The molecule has 3 heteroatoms. The number of para-hydroxylation sites is 2. The molecule has 1 aromatic heterocycles. The molecule has 3 atom stereocenters. The number of fused-ring (bicyclic) bond motifs is 5. The van der Waals surface area contributed by atoms with Gasteiger partial charge in [0, 0.05) is 22.9 Å². The maximum absolute atomic E-state index is 5.44. The van der Waals surface area contributed by atoms with Crippen LogP contribution in [0.25, 0.3) is 11.3 Å². The number of aromatic nitrogens is 1. The fourth-order valence-electron chi connectivity index (χ4n) is 6.77. The van der Waals surface area contributed by atoms with Gasteiger partial charge in [-0.15, -0.1) is 0 Å². The second kappa shape index (κ2) is 8.81. The largest absolute Gasteiger partial charge is 0.316 e. The first kappa shape index (κ1) is 22.8. The second-order valence-electron chi connectivity index (χ2n) is 10.4. The van der Waals surface area contributed by atoms with Crippen LogP contribution in [-0.2, 0) is 0 Å². The first-order valence-corrected chi connectivity index (χ1v) is 13.4. The summed E-state index contributed by atoms with van der Waals surface area (Å²) in [6, 6.07) is 28.9. The van der Waals surface area contributed by atoms with E-state index < -0.39 is 0 Å². The molecule has 0 fully saturated rings. The summed E-state index contributed by atoms with van der Waals surface area (Å²) >= 11 is 0. The molecule has 0 saturated carbocycles. The summed E-state index contributed by atoms with van der Waals surface area (Å²) in [6.45, 7) is 11.3. The van der Waals surface area contributed by atoms with Gasteiger partial charge < -0.3 is 9.80 Å². The number of benzene rings is 3. The molecule has 0 N–H and O–H groups in total. The number of hydrogen-bond acceptors (Lipinski definition) is 3. The lowest BCUT2D eigenvalue weighted by Crippen LogP contribution is -2.49. The molecule has 0 spiro atoms. The van der Waals surface area contributed by atoms with Crippen LogP contribution < -0.4 is 9.80 Å². The molecule has 0 bridgehead atoms. The summed E-state index contributed by atoms with van der Waals surface area (Å²) in [5.41, 5.74) is 11.4. The molecule has 3 nitrogen and oxygen atoms in total. The van der Waals surface area contributed by atoms with Crippen LogP contribution in [0.4, 0.5) is 22.9 Å². The quantitative estimate of drug-likeness (QED) is 0.295. The first-order valence-electron chi connectivity index (χ1n) is 13.4. The molecule has 3 unspecified atom stereocenters. The molecule has 0 saturated heterocycles. The van der Waals surface area contributed by atoms with Gasteiger partial charge in [-0.3, -0.25) is 0 Å². The zero-order valence-corrected chi connectivity index (χ0v) is 22.0. The van der Waals surface area contributed by atoms with Crippen LogP contribution in [0.5, 0.6) is 0 Å². The minimum absolute atomic E-state index is 0.201. The minimum atomic E-state index is 0.201.